The number of alkyl halides is 2. The molecule has 144 valence electrons. The third kappa shape index (κ3) is 5.12. The molecule has 0 aliphatic carbocycles. The van der Waals surface area contributed by atoms with E-state index >= 15 is 0 Å². The van der Waals surface area contributed by atoms with Crippen LogP contribution in [0.4, 0.5) is 19.4 Å². The lowest BCUT2D eigenvalue weighted by Gasteiger charge is -2.37. The smallest absolute Gasteiger partial charge is 0.410 e. The Morgan fingerprint density at radius 3 is 2.78 bits per heavy atom. The molecule has 27 heavy (non-hydrogen) atoms. The molecule has 1 aromatic carbocycles. The number of aromatic nitrogens is 2. The number of ether oxygens (including phenoxy) is 1. The zero-order valence-corrected chi connectivity index (χ0v) is 15.1. The maximum atomic E-state index is 14.5. The average Bonchev–Trinajstić information content (AvgIpc) is 2.66. The van der Waals surface area contributed by atoms with Gasteiger partial charge < -0.3 is 15.0 Å². The Labute approximate surface area is 156 Å². The number of hydrogen-bond acceptors (Lipinski definition) is 5. The summed E-state index contributed by atoms with van der Waals surface area (Å²) < 4.78 is 34.1. The van der Waals surface area contributed by atoms with Crippen molar-refractivity contribution >= 4 is 11.9 Å². The number of nitrogens with one attached hydrogen (secondary N) is 1. The molecular formula is C19H22F2N4O2. The molecule has 1 aliphatic rings. The van der Waals surface area contributed by atoms with Gasteiger partial charge in [-0.1, -0.05) is 29.8 Å². The van der Waals surface area contributed by atoms with Crippen molar-refractivity contribution in [1.29, 1.82) is 0 Å². The van der Waals surface area contributed by atoms with Crippen LogP contribution in [0.3, 0.4) is 0 Å². The molecule has 1 saturated heterocycles. The minimum atomic E-state index is -3.00. The van der Waals surface area contributed by atoms with Gasteiger partial charge in [0.1, 0.15) is 18.8 Å². The van der Waals surface area contributed by atoms with Crippen LogP contribution in [0.15, 0.2) is 42.9 Å². The third-order valence-electron chi connectivity index (χ3n) is 4.60. The van der Waals surface area contributed by atoms with Gasteiger partial charge in [-0.05, 0) is 25.0 Å². The number of hydrogen-bond donors (Lipinski definition) is 1. The number of benzene rings is 1. The maximum absolute atomic E-state index is 14.5. The van der Waals surface area contributed by atoms with E-state index in [2.05, 4.69) is 15.3 Å². The Morgan fingerprint density at radius 1 is 1.33 bits per heavy atom. The number of carbonyl (C=O) groups excluding carboxylic acids is 1. The predicted octanol–water partition coefficient (Wildman–Crippen LogP) is 3.49. The van der Waals surface area contributed by atoms with Crippen molar-refractivity contribution in [2.45, 2.75) is 25.9 Å². The molecule has 2 heterocycles. The SMILES string of the molecule is Cc1ccc(COC(=O)N2CC[C@H](CNc3ccncn3)C(F)(F)C2)cc1. The van der Waals surface area contributed by atoms with Gasteiger partial charge in [-0.3, -0.25) is 0 Å². The van der Waals surface area contributed by atoms with Crippen LogP contribution in [0.25, 0.3) is 0 Å². The third-order valence-corrected chi connectivity index (χ3v) is 4.60. The van der Waals surface area contributed by atoms with E-state index in [-0.39, 0.29) is 26.1 Å². The van der Waals surface area contributed by atoms with Crippen LogP contribution in [0.5, 0.6) is 0 Å². The Bertz CT molecular complexity index is 756. The molecule has 6 nitrogen and oxygen atoms in total. The number of likely N-dealkylation sites (tertiary alicyclic amines) is 1. The quantitative estimate of drug-likeness (QED) is 0.865. The number of nitrogens with zero attached hydrogens (tertiary/aromatic N) is 3. The highest BCUT2D eigenvalue weighted by atomic mass is 19.3. The summed E-state index contributed by atoms with van der Waals surface area (Å²) in [6.07, 6.45) is 2.37. The van der Waals surface area contributed by atoms with E-state index in [9.17, 15) is 13.6 Å². The van der Waals surface area contributed by atoms with Crippen molar-refractivity contribution in [2.24, 2.45) is 5.92 Å². The maximum Gasteiger partial charge on any atom is 0.410 e. The second-order valence-electron chi connectivity index (χ2n) is 6.68. The van der Waals surface area contributed by atoms with E-state index in [1.54, 1.807) is 12.3 Å². The first-order chi connectivity index (χ1) is 12.9. The molecule has 1 aliphatic heterocycles. The van der Waals surface area contributed by atoms with Crippen molar-refractivity contribution < 1.29 is 18.3 Å². The van der Waals surface area contributed by atoms with Gasteiger partial charge in [-0.25, -0.2) is 23.5 Å². The second kappa shape index (κ2) is 8.28. The molecular weight excluding hydrogens is 354 g/mol. The topological polar surface area (TPSA) is 67.3 Å². The fourth-order valence-electron chi connectivity index (χ4n) is 2.94. The summed E-state index contributed by atoms with van der Waals surface area (Å²) in [4.78, 5) is 21.0. The van der Waals surface area contributed by atoms with Gasteiger partial charge in [0.2, 0.25) is 0 Å². The van der Waals surface area contributed by atoms with Gasteiger partial charge >= 0.3 is 6.09 Å². The molecule has 0 radical (unpaired) electrons. The van der Waals surface area contributed by atoms with Crippen LogP contribution < -0.4 is 5.32 Å². The van der Waals surface area contributed by atoms with E-state index in [4.69, 9.17) is 4.74 Å². The minimum absolute atomic E-state index is 0.0693. The van der Waals surface area contributed by atoms with E-state index in [0.717, 1.165) is 16.0 Å². The summed E-state index contributed by atoms with van der Waals surface area (Å²) in [5, 5.41) is 2.90. The Hall–Kier alpha value is -2.77. The molecule has 2 aromatic rings. The van der Waals surface area contributed by atoms with E-state index in [1.165, 1.54) is 6.33 Å². The predicted molar refractivity (Wildman–Crippen MR) is 96.5 cm³/mol. The summed E-state index contributed by atoms with van der Waals surface area (Å²) in [6, 6.07) is 9.14. The highest BCUT2D eigenvalue weighted by Crippen LogP contribution is 2.33. The highest BCUT2D eigenvalue weighted by Gasteiger charge is 2.46. The molecule has 1 atom stereocenters. The summed E-state index contributed by atoms with van der Waals surface area (Å²) in [5.41, 5.74) is 1.92. The van der Waals surface area contributed by atoms with Crippen LogP contribution in [-0.2, 0) is 11.3 Å². The summed E-state index contributed by atoms with van der Waals surface area (Å²) >= 11 is 0. The van der Waals surface area contributed by atoms with Crippen molar-refractivity contribution in [3.8, 4) is 0 Å². The largest absolute Gasteiger partial charge is 0.445 e. The molecule has 0 saturated carbocycles. The molecule has 1 fully saturated rings. The summed E-state index contributed by atoms with van der Waals surface area (Å²) in [7, 11) is 0. The number of rotatable bonds is 5. The minimum Gasteiger partial charge on any atom is -0.445 e. The first-order valence-electron chi connectivity index (χ1n) is 8.79. The van der Waals surface area contributed by atoms with Crippen LogP contribution >= 0.6 is 0 Å². The number of aryl methyl sites for hydroxylation is 1. The van der Waals surface area contributed by atoms with Crippen LogP contribution in [-0.4, -0.2) is 46.5 Å². The number of piperidine rings is 1. The summed E-state index contributed by atoms with van der Waals surface area (Å²) in [5.74, 6) is -3.38. The van der Waals surface area contributed by atoms with E-state index in [0.29, 0.717) is 5.82 Å². The lowest BCUT2D eigenvalue weighted by atomic mass is 9.93. The first-order valence-corrected chi connectivity index (χ1v) is 8.79. The fraction of sp³-hybridized carbons (Fsp3) is 0.421. The Balaban J connectivity index is 1.49. The molecule has 1 aromatic heterocycles. The molecule has 1 amide bonds. The normalized spacial score (nSPS) is 18.8. The van der Waals surface area contributed by atoms with Crippen molar-refractivity contribution in [3.63, 3.8) is 0 Å². The van der Waals surface area contributed by atoms with Crippen molar-refractivity contribution in [3.05, 3.63) is 54.0 Å². The van der Waals surface area contributed by atoms with Gasteiger partial charge in [0.05, 0.1) is 6.54 Å². The van der Waals surface area contributed by atoms with E-state index < -0.39 is 24.5 Å². The number of amides is 1. The number of carbonyl (C=O) groups is 1. The van der Waals surface area contributed by atoms with Gasteiger partial charge in [-0.2, -0.15) is 0 Å². The molecule has 0 spiro atoms. The number of anilines is 1. The van der Waals surface area contributed by atoms with Crippen LogP contribution in [0.2, 0.25) is 0 Å². The average molecular weight is 376 g/mol. The lowest BCUT2D eigenvalue weighted by Crippen LogP contribution is -2.52. The standard InChI is InChI=1S/C19H22F2N4O2/c1-14-2-4-15(5-3-14)11-27-18(26)25-9-7-16(19(20,21)12-25)10-23-17-6-8-22-13-24-17/h2-6,8,13,16H,7,9-12H2,1H3,(H,22,23,24)/t16-/m1/s1. The van der Waals surface area contributed by atoms with Crippen LogP contribution in [0.1, 0.15) is 17.5 Å². The summed E-state index contributed by atoms with van der Waals surface area (Å²) in [6.45, 7) is 1.70. The van der Waals surface area contributed by atoms with Gasteiger partial charge in [0.25, 0.3) is 5.92 Å². The Kier molecular flexibility index (Phi) is 5.83. The highest BCUT2D eigenvalue weighted by molar-refractivity contribution is 5.68. The van der Waals surface area contributed by atoms with Crippen molar-refractivity contribution in [2.75, 3.05) is 25.0 Å². The zero-order valence-electron chi connectivity index (χ0n) is 15.1. The van der Waals surface area contributed by atoms with Gasteiger partial charge in [-0.15, -0.1) is 0 Å². The van der Waals surface area contributed by atoms with Gasteiger partial charge in [0, 0.05) is 25.2 Å². The first kappa shape index (κ1) is 19.0. The molecule has 8 heteroatoms. The fourth-order valence-corrected chi connectivity index (χ4v) is 2.94. The van der Waals surface area contributed by atoms with Crippen molar-refractivity contribution in [1.82, 2.24) is 14.9 Å². The molecule has 3 rings (SSSR count). The monoisotopic (exact) mass is 376 g/mol. The zero-order chi connectivity index (χ0) is 19.3. The second-order valence-corrected chi connectivity index (χ2v) is 6.68. The lowest BCUT2D eigenvalue weighted by molar-refractivity contribution is -0.101. The molecule has 1 N–H and O–H groups in total. The number of halogens is 2. The molecule has 0 bridgehead atoms. The molecule has 0 unspecified atom stereocenters. The Morgan fingerprint density at radius 2 is 2.11 bits per heavy atom. The van der Waals surface area contributed by atoms with Gasteiger partial charge in [0.15, 0.2) is 0 Å². The van der Waals surface area contributed by atoms with Crippen LogP contribution in [0, 0.1) is 12.8 Å². The van der Waals surface area contributed by atoms with E-state index in [1.807, 2.05) is 31.2 Å².